The van der Waals surface area contributed by atoms with Crippen molar-refractivity contribution in [1.82, 2.24) is 4.90 Å². The summed E-state index contributed by atoms with van der Waals surface area (Å²) in [5.74, 6) is -0.444. The number of aliphatic carboxylic acids is 1. The predicted octanol–water partition coefficient (Wildman–Crippen LogP) is 2.02. The number of carboxylic acid groups (broad SMARTS) is 1. The number of methoxy groups -OCH3 is 1. The van der Waals surface area contributed by atoms with E-state index < -0.39 is 11.4 Å². The summed E-state index contributed by atoms with van der Waals surface area (Å²) in [4.78, 5) is 25.6. The maximum Gasteiger partial charge on any atom is 0.313 e. The van der Waals surface area contributed by atoms with Crippen LogP contribution in [0.3, 0.4) is 0 Å². The molecular weight excluding hydrogens is 310 g/mol. The zero-order chi connectivity index (χ0) is 17.7. The summed E-state index contributed by atoms with van der Waals surface area (Å²) in [6.07, 6.45) is 1.16. The molecule has 6 heteroatoms. The Kier molecular flexibility index (Phi) is 5.83. The molecule has 1 heterocycles. The summed E-state index contributed by atoms with van der Waals surface area (Å²) in [6, 6.07) is 5.77. The van der Waals surface area contributed by atoms with E-state index in [2.05, 4.69) is 0 Å². The lowest BCUT2D eigenvalue weighted by molar-refractivity contribution is -0.159. The molecule has 0 radical (unpaired) electrons. The number of ether oxygens (including phenoxy) is 2. The van der Waals surface area contributed by atoms with Crippen LogP contribution in [0.15, 0.2) is 18.2 Å². The largest absolute Gasteiger partial charge is 0.484 e. The highest BCUT2D eigenvalue weighted by atomic mass is 16.5. The molecule has 0 spiro atoms. The van der Waals surface area contributed by atoms with Gasteiger partial charge in [0.15, 0.2) is 6.61 Å². The van der Waals surface area contributed by atoms with Crippen molar-refractivity contribution in [3.8, 4) is 5.75 Å². The average Bonchev–Trinajstić information content (AvgIpc) is 2.54. The molecule has 0 aliphatic carbocycles. The Hall–Kier alpha value is -2.08. The summed E-state index contributed by atoms with van der Waals surface area (Å²) in [5.41, 5.74) is 1.08. The number of carboxylic acids is 1. The normalized spacial score (nSPS) is 20.7. The van der Waals surface area contributed by atoms with Crippen molar-refractivity contribution in [2.24, 2.45) is 5.41 Å². The maximum absolute atomic E-state index is 12.4. The van der Waals surface area contributed by atoms with Gasteiger partial charge in [0.1, 0.15) is 11.2 Å². The summed E-state index contributed by atoms with van der Waals surface area (Å²) < 4.78 is 10.7. The van der Waals surface area contributed by atoms with Crippen LogP contribution in [0.5, 0.6) is 5.75 Å². The number of amides is 1. The fourth-order valence-electron chi connectivity index (χ4n) is 3.17. The second-order valence-corrected chi connectivity index (χ2v) is 6.49. The van der Waals surface area contributed by atoms with Crippen LogP contribution in [0.1, 0.15) is 24.0 Å². The molecule has 1 amide bonds. The van der Waals surface area contributed by atoms with Crippen LogP contribution in [-0.4, -0.2) is 55.3 Å². The number of likely N-dealkylation sites (tertiary alicyclic amines) is 1. The highest BCUT2D eigenvalue weighted by molar-refractivity contribution is 5.80. The lowest BCUT2D eigenvalue weighted by Crippen LogP contribution is -2.53. The number of rotatable bonds is 6. The Morgan fingerprint density at radius 2 is 2.08 bits per heavy atom. The molecule has 1 aromatic rings. The van der Waals surface area contributed by atoms with Crippen LogP contribution in [0.4, 0.5) is 0 Å². The molecule has 1 aliphatic heterocycles. The van der Waals surface area contributed by atoms with Crippen LogP contribution in [0, 0.1) is 19.3 Å². The van der Waals surface area contributed by atoms with Gasteiger partial charge in [-0.2, -0.15) is 0 Å². The van der Waals surface area contributed by atoms with E-state index in [1.807, 2.05) is 32.0 Å². The standard InChI is InChI=1S/C18H25NO5/c1-13-5-6-15(14(2)9-13)24-10-16(20)19-8-4-7-18(11-19,12-23-3)17(21)22/h5-6,9H,4,7-8,10-12H2,1-3H3,(H,21,22). The molecule has 6 nitrogen and oxygen atoms in total. The smallest absolute Gasteiger partial charge is 0.313 e. The molecule has 1 fully saturated rings. The molecule has 0 saturated carbocycles. The zero-order valence-corrected chi connectivity index (χ0v) is 14.5. The predicted molar refractivity (Wildman–Crippen MR) is 89.2 cm³/mol. The number of nitrogens with zero attached hydrogens (tertiary/aromatic N) is 1. The molecule has 0 bridgehead atoms. The number of hydrogen-bond donors (Lipinski definition) is 1. The molecular formula is C18H25NO5. The molecule has 2 rings (SSSR count). The Labute approximate surface area is 142 Å². The van der Waals surface area contributed by atoms with Gasteiger partial charge in [-0.05, 0) is 38.3 Å². The van der Waals surface area contributed by atoms with Gasteiger partial charge in [0.2, 0.25) is 0 Å². The van der Waals surface area contributed by atoms with Crippen LogP contribution in [0.2, 0.25) is 0 Å². The molecule has 1 N–H and O–H groups in total. The second kappa shape index (κ2) is 7.66. The highest BCUT2D eigenvalue weighted by Crippen LogP contribution is 2.31. The Balaban J connectivity index is 2.00. The van der Waals surface area contributed by atoms with Gasteiger partial charge in [-0.3, -0.25) is 9.59 Å². The molecule has 132 valence electrons. The molecule has 1 aliphatic rings. The monoisotopic (exact) mass is 335 g/mol. The van der Waals surface area contributed by atoms with Gasteiger partial charge in [-0.15, -0.1) is 0 Å². The fourth-order valence-corrected chi connectivity index (χ4v) is 3.17. The molecule has 1 saturated heterocycles. The number of carbonyl (C=O) groups is 2. The van der Waals surface area contributed by atoms with E-state index in [-0.39, 0.29) is 25.7 Å². The maximum atomic E-state index is 12.4. The summed E-state index contributed by atoms with van der Waals surface area (Å²) in [7, 11) is 1.48. The molecule has 1 atom stereocenters. The third-order valence-corrected chi connectivity index (χ3v) is 4.49. The van der Waals surface area contributed by atoms with Crippen LogP contribution < -0.4 is 4.74 Å². The van der Waals surface area contributed by atoms with Gasteiger partial charge in [0.25, 0.3) is 5.91 Å². The highest BCUT2D eigenvalue weighted by Gasteiger charge is 2.43. The van der Waals surface area contributed by atoms with Gasteiger partial charge in [-0.25, -0.2) is 0 Å². The van der Waals surface area contributed by atoms with Gasteiger partial charge >= 0.3 is 5.97 Å². The number of benzene rings is 1. The van der Waals surface area contributed by atoms with Crippen molar-refractivity contribution < 1.29 is 24.2 Å². The number of aryl methyl sites for hydroxylation is 2. The minimum atomic E-state index is -1.03. The molecule has 1 aromatic carbocycles. The minimum absolute atomic E-state index is 0.0907. The first-order valence-electron chi connectivity index (χ1n) is 8.08. The van der Waals surface area contributed by atoms with Crippen molar-refractivity contribution in [2.75, 3.05) is 33.4 Å². The van der Waals surface area contributed by atoms with Crippen molar-refractivity contribution in [1.29, 1.82) is 0 Å². The SMILES string of the molecule is COCC1(C(=O)O)CCCN(C(=O)COc2ccc(C)cc2C)C1. The molecule has 0 aromatic heterocycles. The molecule has 24 heavy (non-hydrogen) atoms. The van der Waals surface area contributed by atoms with E-state index >= 15 is 0 Å². The summed E-state index contributed by atoms with van der Waals surface area (Å²) in [6.45, 7) is 4.65. The number of piperidine rings is 1. The van der Waals surface area contributed by atoms with Gasteiger partial charge in [0.05, 0.1) is 6.61 Å². The van der Waals surface area contributed by atoms with E-state index in [0.717, 1.165) is 11.1 Å². The van der Waals surface area contributed by atoms with Crippen LogP contribution in [0.25, 0.3) is 0 Å². The lowest BCUT2D eigenvalue weighted by Gasteiger charge is -2.39. The third kappa shape index (κ3) is 4.06. The Morgan fingerprint density at radius 1 is 1.33 bits per heavy atom. The zero-order valence-electron chi connectivity index (χ0n) is 14.5. The average molecular weight is 335 g/mol. The van der Waals surface area contributed by atoms with E-state index in [1.165, 1.54) is 7.11 Å². The molecule has 1 unspecified atom stereocenters. The van der Waals surface area contributed by atoms with Gasteiger partial charge in [0, 0.05) is 20.2 Å². The second-order valence-electron chi connectivity index (χ2n) is 6.49. The van der Waals surface area contributed by atoms with E-state index in [9.17, 15) is 14.7 Å². The van der Waals surface area contributed by atoms with Crippen molar-refractivity contribution in [3.63, 3.8) is 0 Å². The summed E-state index contributed by atoms with van der Waals surface area (Å²) >= 11 is 0. The Morgan fingerprint density at radius 3 is 2.71 bits per heavy atom. The van der Waals surface area contributed by atoms with E-state index in [4.69, 9.17) is 9.47 Å². The van der Waals surface area contributed by atoms with Gasteiger partial charge in [-0.1, -0.05) is 17.7 Å². The number of hydrogen-bond acceptors (Lipinski definition) is 4. The number of carbonyl (C=O) groups excluding carboxylic acids is 1. The van der Waals surface area contributed by atoms with E-state index in [1.54, 1.807) is 4.90 Å². The lowest BCUT2D eigenvalue weighted by atomic mass is 9.80. The van der Waals surface area contributed by atoms with Crippen molar-refractivity contribution in [2.45, 2.75) is 26.7 Å². The van der Waals surface area contributed by atoms with Gasteiger partial charge < -0.3 is 19.5 Å². The van der Waals surface area contributed by atoms with Crippen LogP contribution in [-0.2, 0) is 14.3 Å². The van der Waals surface area contributed by atoms with Crippen LogP contribution >= 0.6 is 0 Å². The fraction of sp³-hybridized carbons (Fsp3) is 0.556. The van der Waals surface area contributed by atoms with E-state index in [0.29, 0.717) is 25.1 Å². The third-order valence-electron chi connectivity index (χ3n) is 4.49. The quantitative estimate of drug-likeness (QED) is 0.861. The first-order valence-corrected chi connectivity index (χ1v) is 8.08. The Bertz CT molecular complexity index is 611. The van der Waals surface area contributed by atoms with Crippen molar-refractivity contribution in [3.05, 3.63) is 29.3 Å². The first kappa shape index (κ1) is 18.3. The topological polar surface area (TPSA) is 76.1 Å². The summed E-state index contributed by atoms with van der Waals surface area (Å²) in [5, 5.41) is 9.54. The first-order chi connectivity index (χ1) is 11.4. The minimum Gasteiger partial charge on any atom is -0.484 e. The van der Waals surface area contributed by atoms with Crippen molar-refractivity contribution >= 4 is 11.9 Å².